The van der Waals surface area contributed by atoms with Gasteiger partial charge in [0.05, 0.1) is 44.5 Å². The molecule has 1 amide bonds. The number of morpholine rings is 1. The molecule has 2 aromatic heterocycles. The number of anilines is 1. The zero-order chi connectivity index (χ0) is 39.3. The van der Waals surface area contributed by atoms with Crippen LogP contribution in [0.5, 0.6) is 6.01 Å². The number of fused-ring (bicyclic) bond motifs is 5. The van der Waals surface area contributed by atoms with E-state index in [1.54, 1.807) is 30.3 Å². The van der Waals surface area contributed by atoms with Gasteiger partial charge in [0, 0.05) is 74.1 Å². The number of ether oxygens (including phenoxy) is 3. The van der Waals surface area contributed by atoms with E-state index in [2.05, 4.69) is 30.7 Å². The summed E-state index contributed by atoms with van der Waals surface area (Å²) in [4.78, 5) is 35.7. The van der Waals surface area contributed by atoms with Gasteiger partial charge in [-0.25, -0.2) is 13.2 Å². The van der Waals surface area contributed by atoms with E-state index in [4.69, 9.17) is 20.6 Å². The minimum atomic E-state index is -0.705. The van der Waals surface area contributed by atoms with E-state index in [0.29, 0.717) is 85.1 Å². The van der Waals surface area contributed by atoms with Gasteiger partial charge in [-0.1, -0.05) is 36.3 Å². The number of hydrogen-bond acceptors (Lipinski definition) is 10. The topological polar surface area (TPSA) is 96.4 Å². The molecule has 2 bridgehead atoms. The maximum atomic E-state index is 16.5. The van der Waals surface area contributed by atoms with E-state index < -0.39 is 23.3 Å². The van der Waals surface area contributed by atoms with Crippen molar-refractivity contribution in [3.8, 4) is 29.6 Å². The van der Waals surface area contributed by atoms with Gasteiger partial charge in [0.2, 0.25) is 5.91 Å². The average molecular weight is 782 g/mol. The number of piperazine rings is 1. The molecule has 0 aliphatic carbocycles. The summed E-state index contributed by atoms with van der Waals surface area (Å²) in [5.41, 5.74) is -0.181. The van der Waals surface area contributed by atoms with Gasteiger partial charge in [-0.3, -0.25) is 19.6 Å². The van der Waals surface area contributed by atoms with Crippen LogP contribution in [0.2, 0.25) is 0 Å². The number of amides is 1. The second-order valence-corrected chi connectivity index (χ2v) is 16.0. The lowest BCUT2D eigenvalue weighted by Crippen LogP contribution is -2.72. The smallest absolute Gasteiger partial charge is 0.318 e. The molecular formula is C43H46F3N7O4. The van der Waals surface area contributed by atoms with Gasteiger partial charge < -0.3 is 24.0 Å². The third-order valence-corrected chi connectivity index (χ3v) is 12.6. The molecule has 2 aromatic carbocycles. The van der Waals surface area contributed by atoms with Crippen molar-refractivity contribution in [1.82, 2.24) is 29.7 Å². The predicted octanol–water partition coefficient (Wildman–Crippen LogP) is 5.14. The van der Waals surface area contributed by atoms with Crippen molar-refractivity contribution in [2.75, 3.05) is 77.7 Å². The number of alkyl halides is 1. The number of aromatic nitrogens is 3. The molecule has 6 aliphatic rings. The van der Waals surface area contributed by atoms with E-state index >= 15 is 4.39 Å². The maximum Gasteiger partial charge on any atom is 0.318 e. The number of halogens is 3. The third kappa shape index (κ3) is 6.88. The number of methoxy groups -OCH3 is 1. The Bertz CT molecular complexity index is 2240. The molecule has 4 atom stereocenters. The Kier molecular flexibility index (Phi) is 10.3. The minimum Gasteiger partial charge on any atom is -0.467 e. The molecule has 14 heteroatoms. The number of carbonyl (C=O) groups is 1. The first kappa shape index (κ1) is 37.7. The lowest BCUT2D eigenvalue weighted by Gasteiger charge is -2.55. The number of pyridine rings is 1. The highest BCUT2D eigenvalue weighted by atomic mass is 19.1. The van der Waals surface area contributed by atoms with E-state index in [0.717, 1.165) is 45.6 Å². The molecule has 8 heterocycles. The highest BCUT2D eigenvalue weighted by molar-refractivity contribution is 6.02. The van der Waals surface area contributed by atoms with Crippen LogP contribution >= 0.6 is 0 Å². The van der Waals surface area contributed by atoms with Gasteiger partial charge in [0.1, 0.15) is 34.6 Å². The highest BCUT2D eigenvalue weighted by Crippen LogP contribution is 2.39. The molecule has 11 nitrogen and oxygen atoms in total. The molecule has 0 N–H and O–H groups in total. The zero-order valence-corrected chi connectivity index (χ0v) is 32.0. The van der Waals surface area contributed by atoms with Crippen molar-refractivity contribution in [2.45, 2.75) is 61.9 Å². The normalized spacial score (nSPS) is 25.5. The summed E-state index contributed by atoms with van der Waals surface area (Å²) in [6.45, 7) is 6.13. The lowest BCUT2D eigenvalue weighted by molar-refractivity contribution is -0.164. The molecular weight excluding hydrogens is 736 g/mol. The highest BCUT2D eigenvalue weighted by Gasteiger charge is 2.50. The molecule has 0 radical (unpaired) electrons. The van der Waals surface area contributed by atoms with Gasteiger partial charge in [-0.15, -0.1) is 6.42 Å². The summed E-state index contributed by atoms with van der Waals surface area (Å²) in [7, 11) is 1.42. The van der Waals surface area contributed by atoms with Crippen molar-refractivity contribution < 1.29 is 32.2 Å². The summed E-state index contributed by atoms with van der Waals surface area (Å²) >= 11 is 0. The Morgan fingerprint density at radius 1 is 1.05 bits per heavy atom. The quantitative estimate of drug-likeness (QED) is 0.193. The van der Waals surface area contributed by atoms with Crippen LogP contribution in [0, 0.1) is 24.0 Å². The van der Waals surface area contributed by atoms with Gasteiger partial charge in [0.25, 0.3) is 0 Å². The summed E-state index contributed by atoms with van der Waals surface area (Å²) in [6.07, 6.45) is 15.9. The van der Waals surface area contributed by atoms with Crippen LogP contribution in [0.1, 0.15) is 37.7 Å². The van der Waals surface area contributed by atoms with E-state index in [9.17, 15) is 13.6 Å². The SMILES string of the molecule is C#Cc1c(F)ccc2cccc(-c3ncc4c(N5CCN(C(=O)/C=C/CN6[C@@H]7CC[C@H]6COC7)C6(COC6)C5)nc(OC)nc4c3F)c12.FC1CC2CCCN2C1. The number of hydrogen-bond donors (Lipinski definition) is 0. The van der Waals surface area contributed by atoms with E-state index in [1.165, 1.54) is 32.2 Å². The molecule has 2 unspecified atom stereocenters. The van der Waals surface area contributed by atoms with Crippen LogP contribution in [0.15, 0.2) is 48.7 Å². The van der Waals surface area contributed by atoms with Crippen LogP contribution in [0.25, 0.3) is 32.9 Å². The van der Waals surface area contributed by atoms with Crippen LogP contribution in [-0.4, -0.2) is 138 Å². The summed E-state index contributed by atoms with van der Waals surface area (Å²) < 4.78 is 60.6. The standard InChI is InChI=1S/C36H34F2N6O4.C7H12FN/c1-3-25-28(37)12-9-22-6-4-7-26(30(22)25)32-31(38)33-27(16-39-32)34(41-35(40-33)46-2)42-14-15-44(36(19-42)20-48-21-36)29(45)8-5-13-43-23-10-11-24(43)18-47-17-23;8-6-4-7-2-1-3-9(7)5-6/h1,4-9,12,16,23-24H,10-11,13-15,17-21H2,2H3;6-7H,1-5H2/b8-5+;/t23-,24+;. The van der Waals surface area contributed by atoms with Gasteiger partial charge in [-0.2, -0.15) is 9.97 Å². The fourth-order valence-corrected chi connectivity index (χ4v) is 9.72. The molecule has 0 saturated carbocycles. The second kappa shape index (κ2) is 15.5. The number of nitrogens with zero attached hydrogens (tertiary/aromatic N) is 7. The van der Waals surface area contributed by atoms with E-state index in [-0.39, 0.29) is 28.7 Å². The summed E-state index contributed by atoms with van der Waals surface area (Å²) in [5, 5.41) is 1.44. The number of benzene rings is 2. The molecule has 6 fully saturated rings. The first-order valence-electron chi connectivity index (χ1n) is 19.9. The molecule has 4 aromatic rings. The zero-order valence-electron chi connectivity index (χ0n) is 32.0. The Morgan fingerprint density at radius 2 is 1.88 bits per heavy atom. The van der Waals surface area contributed by atoms with Gasteiger partial charge in [-0.05, 0) is 50.1 Å². The molecule has 298 valence electrons. The summed E-state index contributed by atoms with van der Waals surface area (Å²) in [6, 6.07) is 9.53. The van der Waals surface area contributed by atoms with Crippen LogP contribution < -0.4 is 9.64 Å². The Morgan fingerprint density at radius 3 is 2.61 bits per heavy atom. The van der Waals surface area contributed by atoms with Gasteiger partial charge >= 0.3 is 6.01 Å². The second-order valence-electron chi connectivity index (χ2n) is 16.0. The van der Waals surface area contributed by atoms with E-state index in [1.807, 2.05) is 15.9 Å². The fraction of sp³-hybridized carbons (Fsp3) is 0.488. The van der Waals surface area contributed by atoms with Crippen LogP contribution in [0.3, 0.4) is 0 Å². The Labute approximate surface area is 329 Å². The van der Waals surface area contributed by atoms with Crippen LogP contribution in [0.4, 0.5) is 19.0 Å². The maximum absolute atomic E-state index is 16.5. The Hall–Kier alpha value is -4.81. The largest absolute Gasteiger partial charge is 0.467 e. The number of rotatable bonds is 6. The van der Waals surface area contributed by atoms with Crippen molar-refractivity contribution in [1.29, 1.82) is 0 Å². The van der Waals surface area contributed by atoms with Crippen molar-refractivity contribution in [2.24, 2.45) is 0 Å². The lowest BCUT2D eigenvalue weighted by atomic mass is 9.91. The van der Waals surface area contributed by atoms with Crippen molar-refractivity contribution in [3.63, 3.8) is 0 Å². The Balaban J connectivity index is 0.000000411. The minimum absolute atomic E-state index is 0.00921. The number of terminal acetylenes is 1. The van der Waals surface area contributed by atoms with Crippen molar-refractivity contribution >= 4 is 33.4 Å². The molecule has 1 spiro atoms. The first-order valence-corrected chi connectivity index (χ1v) is 19.9. The van der Waals surface area contributed by atoms with Gasteiger partial charge in [0.15, 0.2) is 5.82 Å². The third-order valence-electron chi connectivity index (χ3n) is 12.6. The summed E-state index contributed by atoms with van der Waals surface area (Å²) in [5.74, 6) is 1.52. The van der Waals surface area contributed by atoms with Crippen molar-refractivity contribution in [3.05, 3.63) is 65.9 Å². The average Bonchev–Trinajstić information content (AvgIpc) is 3.86. The molecule has 10 rings (SSSR count). The molecule has 6 saturated heterocycles. The fourth-order valence-electron chi connectivity index (χ4n) is 9.72. The monoisotopic (exact) mass is 781 g/mol. The first-order chi connectivity index (χ1) is 27.8. The molecule has 6 aliphatic heterocycles. The van der Waals surface area contributed by atoms with Crippen LogP contribution in [-0.2, 0) is 14.3 Å². The number of carbonyl (C=O) groups excluding carboxylic acids is 1. The predicted molar refractivity (Wildman–Crippen MR) is 210 cm³/mol. The molecule has 57 heavy (non-hydrogen) atoms.